The first kappa shape index (κ1) is 11.5. The molecule has 4 nitrogen and oxygen atoms in total. The van der Waals surface area contributed by atoms with Crippen molar-refractivity contribution in [2.75, 3.05) is 13.1 Å². The predicted molar refractivity (Wildman–Crippen MR) is 66.2 cm³/mol. The van der Waals surface area contributed by atoms with Gasteiger partial charge in [-0.15, -0.1) is 0 Å². The third-order valence-corrected chi connectivity index (χ3v) is 5.29. The fourth-order valence-corrected chi connectivity index (χ4v) is 4.15. The van der Waals surface area contributed by atoms with Crippen molar-refractivity contribution in [3.63, 3.8) is 0 Å². The van der Waals surface area contributed by atoms with Crippen molar-refractivity contribution in [2.45, 2.75) is 50.1 Å². The molecule has 17 heavy (non-hydrogen) atoms. The lowest BCUT2D eigenvalue weighted by molar-refractivity contribution is -0.123. The van der Waals surface area contributed by atoms with Crippen LogP contribution in [0.25, 0.3) is 0 Å². The van der Waals surface area contributed by atoms with Crippen LogP contribution in [0.3, 0.4) is 0 Å². The standard InChI is InChI=1S/C13H23N3O/c14-12(17)13(15)5-4-11(6-13)16-7-9-2-1-3-10(9)8-16/h9-11H,1-8,15H2,(H2,14,17). The Morgan fingerprint density at radius 1 is 1.18 bits per heavy atom. The van der Waals surface area contributed by atoms with Gasteiger partial charge in [-0.05, 0) is 43.9 Å². The first-order chi connectivity index (χ1) is 8.08. The van der Waals surface area contributed by atoms with Crippen LogP contribution in [-0.2, 0) is 4.79 Å². The molecule has 4 unspecified atom stereocenters. The van der Waals surface area contributed by atoms with Crippen LogP contribution < -0.4 is 11.5 Å². The number of hydrogen-bond donors (Lipinski definition) is 2. The second-order valence-electron chi connectivity index (χ2n) is 6.32. The summed E-state index contributed by atoms with van der Waals surface area (Å²) in [6.07, 6.45) is 6.78. The van der Waals surface area contributed by atoms with E-state index in [0.29, 0.717) is 6.04 Å². The Kier molecular flexibility index (Phi) is 2.67. The van der Waals surface area contributed by atoms with E-state index in [-0.39, 0.29) is 5.91 Å². The zero-order valence-corrected chi connectivity index (χ0v) is 10.4. The third kappa shape index (κ3) is 1.87. The van der Waals surface area contributed by atoms with Gasteiger partial charge in [0.2, 0.25) is 5.91 Å². The predicted octanol–water partition coefficient (Wildman–Crippen LogP) is 0.454. The summed E-state index contributed by atoms with van der Waals surface area (Å²) >= 11 is 0. The number of fused-ring (bicyclic) bond motifs is 1. The number of likely N-dealkylation sites (tertiary alicyclic amines) is 1. The van der Waals surface area contributed by atoms with Crippen molar-refractivity contribution >= 4 is 5.91 Å². The molecule has 0 aromatic carbocycles. The molecule has 4 N–H and O–H groups in total. The number of primary amides is 1. The van der Waals surface area contributed by atoms with Gasteiger partial charge in [0.25, 0.3) is 0 Å². The molecule has 0 radical (unpaired) electrons. The van der Waals surface area contributed by atoms with Crippen molar-refractivity contribution in [1.82, 2.24) is 4.90 Å². The smallest absolute Gasteiger partial charge is 0.237 e. The lowest BCUT2D eigenvalue weighted by Gasteiger charge is -2.26. The van der Waals surface area contributed by atoms with Crippen LogP contribution in [0, 0.1) is 11.8 Å². The largest absolute Gasteiger partial charge is 0.368 e. The molecule has 3 rings (SSSR count). The second kappa shape index (κ2) is 3.95. The lowest BCUT2D eigenvalue weighted by Crippen LogP contribution is -2.51. The fraction of sp³-hybridized carbons (Fsp3) is 0.923. The minimum Gasteiger partial charge on any atom is -0.368 e. The molecule has 96 valence electrons. The van der Waals surface area contributed by atoms with E-state index in [0.717, 1.165) is 31.1 Å². The van der Waals surface area contributed by atoms with Crippen molar-refractivity contribution in [2.24, 2.45) is 23.3 Å². The number of carbonyl (C=O) groups excluding carboxylic acids is 1. The zero-order chi connectivity index (χ0) is 12.0. The number of rotatable bonds is 2. The molecule has 1 amide bonds. The highest BCUT2D eigenvalue weighted by molar-refractivity contribution is 5.84. The van der Waals surface area contributed by atoms with Gasteiger partial charge in [-0.2, -0.15) is 0 Å². The molecule has 3 fully saturated rings. The van der Waals surface area contributed by atoms with Gasteiger partial charge in [-0.25, -0.2) is 0 Å². The van der Waals surface area contributed by atoms with Crippen LogP contribution in [-0.4, -0.2) is 35.5 Å². The maximum absolute atomic E-state index is 11.4. The molecule has 1 heterocycles. The summed E-state index contributed by atoms with van der Waals surface area (Å²) < 4.78 is 0. The van der Waals surface area contributed by atoms with Gasteiger partial charge in [-0.3, -0.25) is 9.69 Å². The monoisotopic (exact) mass is 237 g/mol. The van der Waals surface area contributed by atoms with Gasteiger partial charge >= 0.3 is 0 Å². The quantitative estimate of drug-likeness (QED) is 0.732. The Morgan fingerprint density at radius 2 is 1.82 bits per heavy atom. The van der Waals surface area contributed by atoms with E-state index in [2.05, 4.69) is 4.90 Å². The number of amides is 1. The first-order valence-corrected chi connectivity index (χ1v) is 6.91. The highest BCUT2D eigenvalue weighted by Crippen LogP contribution is 2.41. The van der Waals surface area contributed by atoms with Gasteiger partial charge < -0.3 is 11.5 Å². The summed E-state index contributed by atoms with van der Waals surface area (Å²) in [5.74, 6) is 1.51. The highest BCUT2D eigenvalue weighted by atomic mass is 16.1. The second-order valence-corrected chi connectivity index (χ2v) is 6.32. The van der Waals surface area contributed by atoms with Crippen molar-refractivity contribution in [3.8, 4) is 0 Å². The Hall–Kier alpha value is -0.610. The topological polar surface area (TPSA) is 72.3 Å². The third-order valence-electron chi connectivity index (χ3n) is 5.29. The van der Waals surface area contributed by atoms with Crippen LogP contribution in [0.15, 0.2) is 0 Å². The number of hydrogen-bond acceptors (Lipinski definition) is 3. The molecular formula is C13H23N3O. The molecule has 0 spiro atoms. The Bertz CT molecular complexity index is 321. The summed E-state index contributed by atoms with van der Waals surface area (Å²) in [6.45, 7) is 2.45. The maximum Gasteiger partial charge on any atom is 0.237 e. The SMILES string of the molecule is NC(=O)C1(N)CCC(N2CC3CCCC3C2)C1. The normalized spacial score (nSPS) is 46.3. The molecule has 2 saturated carbocycles. The van der Waals surface area contributed by atoms with Crippen LogP contribution in [0.4, 0.5) is 0 Å². The van der Waals surface area contributed by atoms with Gasteiger partial charge in [0.1, 0.15) is 0 Å². The molecular weight excluding hydrogens is 214 g/mol. The van der Waals surface area contributed by atoms with E-state index >= 15 is 0 Å². The summed E-state index contributed by atoms with van der Waals surface area (Å²) in [7, 11) is 0. The minimum absolute atomic E-state index is 0.320. The van der Waals surface area contributed by atoms with Crippen molar-refractivity contribution in [3.05, 3.63) is 0 Å². The van der Waals surface area contributed by atoms with Crippen LogP contribution in [0.5, 0.6) is 0 Å². The van der Waals surface area contributed by atoms with Crippen LogP contribution in [0.1, 0.15) is 38.5 Å². The highest BCUT2D eigenvalue weighted by Gasteiger charge is 2.46. The summed E-state index contributed by atoms with van der Waals surface area (Å²) in [4.78, 5) is 13.9. The maximum atomic E-state index is 11.4. The summed E-state index contributed by atoms with van der Waals surface area (Å²) in [5, 5.41) is 0. The Balaban J connectivity index is 1.62. The van der Waals surface area contributed by atoms with E-state index in [1.54, 1.807) is 0 Å². The van der Waals surface area contributed by atoms with Gasteiger partial charge in [-0.1, -0.05) is 6.42 Å². The summed E-state index contributed by atoms with van der Waals surface area (Å²) in [5.41, 5.74) is 10.7. The lowest BCUT2D eigenvalue weighted by atomic mass is 9.98. The summed E-state index contributed by atoms with van der Waals surface area (Å²) in [6, 6.07) is 0.498. The average molecular weight is 237 g/mol. The number of nitrogens with zero attached hydrogens (tertiary/aromatic N) is 1. The number of nitrogens with two attached hydrogens (primary N) is 2. The minimum atomic E-state index is -0.734. The molecule has 4 atom stereocenters. The molecule has 4 heteroatoms. The van der Waals surface area contributed by atoms with Gasteiger partial charge in [0.15, 0.2) is 0 Å². The molecule has 1 saturated heterocycles. The molecule has 2 aliphatic carbocycles. The average Bonchev–Trinajstić information content (AvgIpc) is 2.89. The van der Waals surface area contributed by atoms with Crippen LogP contribution >= 0.6 is 0 Å². The fourth-order valence-electron chi connectivity index (χ4n) is 4.15. The van der Waals surface area contributed by atoms with Crippen molar-refractivity contribution < 1.29 is 4.79 Å². The molecule has 3 aliphatic rings. The van der Waals surface area contributed by atoms with E-state index in [4.69, 9.17) is 11.5 Å². The van der Waals surface area contributed by atoms with E-state index in [1.807, 2.05) is 0 Å². The van der Waals surface area contributed by atoms with E-state index in [1.165, 1.54) is 32.4 Å². The van der Waals surface area contributed by atoms with Crippen LogP contribution in [0.2, 0.25) is 0 Å². The van der Waals surface area contributed by atoms with E-state index in [9.17, 15) is 4.79 Å². The molecule has 0 aromatic rings. The van der Waals surface area contributed by atoms with Gasteiger partial charge in [0.05, 0.1) is 5.54 Å². The Labute approximate surface area is 103 Å². The molecule has 0 bridgehead atoms. The molecule has 0 aromatic heterocycles. The molecule has 1 aliphatic heterocycles. The van der Waals surface area contributed by atoms with E-state index < -0.39 is 5.54 Å². The first-order valence-electron chi connectivity index (χ1n) is 6.91. The van der Waals surface area contributed by atoms with Gasteiger partial charge in [0, 0.05) is 19.1 Å². The van der Waals surface area contributed by atoms with Crippen molar-refractivity contribution in [1.29, 1.82) is 0 Å². The zero-order valence-electron chi connectivity index (χ0n) is 10.4. The number of carbonyl (C=O) groups is 1. The Morgan fingerprint density at radius 3 is 2.35 bits per heavy atom.